The molecule has 0 radical (unpaired) electrons. The van der Waals surface area contributed by atoms with Gasteiger partial charge in [-0.1, -0.05) is 17.4 Å². The van der Waals surface area contributed by atoms with E-state index in [1.165, 1.54) is 12.1 Å². The summed E-state index contributed by atoms with van der Waals surface area (Å²) >= 11 is 1.02. The van der Waals surface area contributed by atoms with Gasteiger partial charge in [0.1, 0.15) is 17.2 Å². The van der Waals surface area contributed by atoms with Crippen LogP contribution in [0.25, 0.3) is 10.2 Å². The van der Waals surface area contributed by atoms with Crippen molar-refractivity contribution < 1.29 is 23.2 Å². The number of thiazole rings is 1. The Morgan fingerprint density at radius 1 is 1.29 bits per heavy atom. The summed E-state index contributed by atoms with van der Waals surface area (Å²) in [5.41, 5.74) is -0.248. The summed E-state index contributed by atoms with van der Waals surface area (Å²) in [5, 5.41) is 11.0. The fourth-order valence-corrected chi connectivity index (χ4v) is 3.71. The SMILES string of the molecule is CCOCCn1c(=NC(=O)c2c(F)cccc2F)sc2cc([N+](=O)[O-])ccc21. The average Bonchev–Trinajstić information content (AvgIpc) is 2.98. The highest BCUT2D eigenvalue weighted by molar-refractivity contribution is 7.16. The third-order valence-electron chi connectivity index (χ3n) is 3.91. The molecule has 28 heavy (non-hydrogen) atoms. The van der Waals surface area contributed by atoms with Crippen LogP contribution in [0.5, 0.6) is 0 Å². The number of carbonyl (C=O) groups excluding carboxylic acids is 1. The number of fused-ring (bicyclic) bond motifs is 1. The van der Waals surface area contributed by atoms with E-state index in [1.54, 1.807) is 10.6 Å². The van der Waals surface area contributed by atoms with Gasteiger partial charge in [0.05, 0.1) is 21.7 Å². The minimum atomic E-state index is -1.07. The number of hydrogen-bond donors (Lipinski definition) is 0. The fraction of sp³-hybridized carbons (Fsp3) is 0.222. The van der Waals surface area contributed by atoms with Crippen molar-refractivity contribution in [2.75, 3.05) is 13.2 Å². The van der Waals surface area contributed by atoms with Crippen LogP contribution in [0.15, 0.2) is 41.4 Å². The molecular formula is C18H15F2N3O4S. The summed E-state index contributed by atoms with van der Waals surface area (Å²) in [5.74, 6) is -3.08. The number of carbonyl (C=O) groups is 1. The van der Waals surface area contributed by atoms with Gasteiger partial charge < -0.3 is 9.30 Å². The van der Waals surface area contributed by atoms with Crippen molar-refractivity contribution in [1.82, 2.24) is 4.57 Å². The summed E-state index contributed by atoms with van der Waals surface area (Å²) in [6.07, 6.45) is 0. The molecule has 3 aromatic rings. The second kappa shape index (κ2) is 8.36. The van der Waals surface area contributed by atoms with E-state index in [4.69, 9.17) is 4.74 Å². The molecule has 146 valence electrons. The highest BCUT2D eigenvalue weighted by Gasteiger charge is 2.18. The Kier molecular flexibility index (Phi) is 5.90. The van der Waals surface area contributed by atoms with E-state index >= 15 is 0 Å². The first-order chi connectivity index (χ1) is 13.4. The maximum atomic E-state index is 13.9. The molecule has 0 saturated heterocycles. The minimum absolute atomic E-state index is 0.108. The Labute approximate surface area is 161 Å². The first-order valence-corrected chi connectivity index (χ1v) is 9.12. The van der Waals surface area contributed by atoms with E-state index in [1.807, 2.05) is 6.92 Å². The summed E-state index contributed by atoms with van der Waals surface area (Å²) in [6.45, 7) is 2.95. The van der Waals surface area contributed by atoms with Gasteiger partial charge in [0.25, 0.3) is 11.6 Å². The van der Waals surface area contributed by atoms with Gasteiger partial charge in [-0.05, 0) is 25.1 Å². The van der Waals surface area contributed by atoms with Crippen LogP contribution in [0, 0.1) is 21.7 Å². The topological polar surface area (TPSA) is 86.7 Å². The molecule has 0 aliphatic carbocycles. The monoisotopic (exact) mass is 407 g/mol. The van der Waals surface area contributed by atoms with Gasteiger partial charge >= 0.3 is 0 Å². The van der Waals surface area contributed by atoms with Crippen LogP contribution in [0.4, 0.5) is 14.5 Å². The van der Waals surface area contributed by atoms with Crippen molar-refractivity contribution in [3.63, 3.8) is 0 Å². The Morgan fingerprint density at radius 3 is 2.64 bits per heavy atom. The van der Waals surface area contributed by atoms with Crippen molar-refractivity contribution in [3.8, 4) is 0 Å². The molecule has 0 saturated carbocycles. The van der Waals surface area contributed by atoms with Crippen LogP contribution in [-0.2, 0) is 11.3 Å². The number of rotatable bonds is 6. The third kappa shape index (κ3) is 3.97. The zero-order valence-corrected chi connectivity index (χ0v) is 15.5. The lowest BCUT2D eigenvalue weighted by Crippen LogP contribution is -2.20. The molecule has 1 heterocycles. The third-order valence-corrected chi connectivity index (χ3v) is 4.96. The number of nitro groups is 1. The number of halogens is 2. The molecule has 0 aliphatic rings. The lowest BCUT2D eigenvalue weighted by molar-refractivity contribution is -0.384. The van der Waals surface area contributed by atoms with Gasteiger partial charge in [0.15, 0.2) is 4.80 Å². The van der Waals surface area contributed by atoms with E-state index < -0.39 is 28.0 Å². The number of non-ortho nitro benzene ring substituents is 1. The lowest BCUT2D eigenvalue weighted by Gasteiger charge is -2.05. The normalized spacial score (nSPS) is 11.9. The molecule has 7 nitrogen and oxygen atoms in total. The summed E-state index contributed by atoms with van der Waals surface area (Å²) < 4.78 is 35.2. The van der Waals surface area contributed by atoms with Gasteiger partial charge in [-0.2, -0.15) is 4.99 Å². The van der Waals surface area contributed by atoms with Crippen molar-refractivity contribution in [3.05, 3.63) is 68.5 Å². The van der Waals surface area contributed by atoms with Crippen LogP contribution in [0.3, 0.4) is 0 Å². The molecule has 1 aromatic heterocycles. The number of nitro benzene ring substituents is 1. The molecule has 1 amide bonds. The number of amides is 1. The first kappa shape index (κ1) is 19.8. The minimum Gasteiger partial charge on any atom is -0.380 e. The first-order valence-electron chi connectivity index (χ1n) is 8.31. The Balaban J connectivity index is 2.14. The van der Waals surface area contributed by atoms with E-state index in [-0.39, 0.29) is 10.5 Å². The second-order valence-corrected chi connectivity index (χ2v) is 6.67. The molecule has 2 aromatic carbocycles. The molecule has 0 aliphatic heterocycles. The van der Waals surface area contributed by atoms with Gasteiger partial charge in [-0.3, -0.25) is 14.9 Å². The Bertz CT molecular complexity index is 1100. The van der Waals surface area contributed by atoms with Crippen molar-refractivity contribution in [2.45, 2.75) is 13.5 Å². The molecule has 10 heteroatoms. The van der Waals surface area contributed by atoms with Gasteiger partial charge in [-0.15, -0.1) is 0 Å². The molecule has 0 unspecified atom stereocenters. The molecule has 3 rings (SSSR count). The standard InChI is InChI=1S/C18H15F2N3O4S/c1-2-27-9-8-22-14-7-6-11(23(25)26)10-15(14)28-18(22)21-17(24)16-12(19)4-3-5-13(16)20/h3-7,10H,2,8-9H2,1H3. The zero-order valence-electron chi connectivity index (χ0n) is 14.7. The lowest BCUT2D eigenvalue weighted by atomic mass is 10.2. The Hall–Kier alpha value is -2.98. The number of ether oxygens (including phenoxy) is 1. The fourth-order valence-electron chi connectivity index (χ4n) is 2.62. The predicted octanol–water partition coefficient (Wildman–Crippen LogP) is 3.67. The number of nitrogens with zero attached hydrogens (tertiary/aromatic N) is 3. The van der Waals surface area contributed by atoms with Crippen molar-refractivity contribution in [2.24, 2.45) is 4.99 Å². The van der Waals surface area contributed by atoms with E-state index in [2.05, 4.69) is 4.99 Å². The van der Waals surface area contributed by atoms with Crippen LogP contribution in [-0.4, -0.2) is 28.6 Å². The maximum Gasteiger partial charge on any atom is 0.285 e. The summed E-state index contributed by atoms with van der Waals surface area (Å²) in [7, 11) is 0. The second-order valence-electron chi connectivity index (χ2n) is 5.66. The molecule has 0 bridgehead atoms. The summed E-state index contributed by atoms with van der Waals surface area (Å²) in [6, 6.07) is 7.36. The average molecular weight is 407 g/mol. The highest BCUT2D eigenvalue weighted by Crippen LogP contribution is 2.23. The van der Waals surface area contributed by atoms with Gasteiger partial charge in [0, 0.05) is 25.3 Å². The zero-order chi connectivity index (χ0) is 20.3. The van der Waals surface area contributed by atoms with Gasteiger partial charge in [-0.25, -0.2) is 8.78 Å². The van der Waals surface area contributed by atoms with Crippen molar-refractivity contribution >= 4 is 33.1 Å². The van der Waals surface area contributed by atoms with Crippen LogP contribution in [0.2, 0.25) is 0 Å². The van der Waals surface area contributed by atoms with E-state index in [0.29, 0.717) is 30.0 Å². The van der Waals surface area contributed by atoms with E-state index in [9.17, 15) is 23.7 Å². The predicted molar refractivity (Wildman–Crippen MR) is 99.2 cm³/mol. The van der Waals surface area contributed by atoms with Crippen LogP contribution in [0.1, 0.15) is 17.3 Å². The molecule has 0 spiro atoms. The number of hydrogen-bond acceptors (Lipinski definition) is 5. The maximum absolute atomic E-state index is 13.9. The number of aromatic nitrogens is 1. The summed E-state index contributed by atoms with van der Waals surface area (Å²) in [4.78, 5) is 26.9. The Morgan fingerprint density at radius 2 is 2.00 bits per heavy atom. The van der Waals surface area contributed by atoms with Crippen molar-refractivity contribution in [1.29, 1.82) is 0 Å². The molecule has 0 N–H and O–H groups in total. The quantitative estimate of drug-likeness (QED) is 0.354. The van der Waals surface area contributed by atoms with E-state index in [0.717, 1.165) is 29.5 Å². The van der Waals surface area contributed by atoms with Crippen LogP contribution < -0.4 is 4.80 Å². The van der Waals surface area contributed by atoms with Gasteiger partial charge in [0.2, 0.25) is 0 Å². The largest absolute Gasteiger partial charge is 0.380 e. The molecule has 0 fully saturated rings. The highest BCUT2D eigenvalue weighted by atomic mass is 32.1. The number of benzene rings is 2. The smallest absolute Gasteiger partial charge is 0.285 e. The molecule has 0 atom stereocenters. The van der Waals surface area contributed by atoms with Crippen LogP contribution >= 0.6 is 11.3 Å². The molecular weight excluding hydrogens is 392 g/mol.